The van der Waals surface area contributed by atoms with Crippen LogP contribution in [0.2, 0.25) is 0 Å². The van der Waals surface area contributed by atoms with Crippen molar-refractivity contribution in [2.75, 3.05) is 19.8 Å². The van der Waals surface area contributed by atoms with E-state index >= 15 is 0 Å². The number of carbonyl (C=O) groups is 1. The highest BCUT2D eigenvalue weighted by atomic mass is 19.1. The van der Waals surface area contributed by atoms with Crippen LogP contribution in [0.5, 0.6) is 0 Å². The molecule has 136 valence electrons. The molecule has 1 amide bonds. The van der Waals surface area contributed by atoms with Crippen molar-refractivity contribution < 1.29 is 18.7 Å². The normalized spacial score (nSPS) is 30.6. The number of halogens is 1. The molecule has 0 spiro atoms. The van der Waals surface area contributed by atoms with Crippen molar-refractivity contribution in [2.45, 2.75) is 56.5 Å². The number of carbonyl (C=O) groups excluding carboxylic acids is 1. The summed E-state index contributed by atoms with van der Waals surface area (Å²) in [5.74, 6) is 0.0333. The number of rotatable bonds is 5. The number of nitrogens with zero attached hydrogens (tertiary/aromatic N) is 2. The summed E-state index contributed by atoms with van der Waals surface area (Å²) in [5, 5.41) is 0. The number of hydrogen-bond acceptors (Lipinski definition) is 4. The highest BCUT2D eigenvalue weighted by Crippen LogP contribution is 2.41. The third-order valence-corrected chi connectivity index (χ3v) is 5.77. The topological polar surface area (TPSA) is 51.7 Å². The van der Waals surface area contributed by atoms with Gasteiger partial charge in [-0.3, -0.25) is 9.78 Å². The van der Waals surface area contributed by atoms with Gasteiger partial charge < -0.3 is 14.4 Å². The van der Waals surface area contributed by atoms with Crippen LogP contribution < -0.4 is 0 Å². The van der Waals surface area contributed by atoms with E-state index in [9.17, 15) is 9.18 Å². The molecule has 0 N–H and O–H groups in total. The molecule has 25 heavy (non-hydrogen) atoms. The maximum atomic E-state index is 14.6. The van der Waals surface area contributed by atoms with E-state index < -0.39 is 5.67 Å². The molecule has 4 rings (SSSR count). The zero-order valence-corrected chi connectivity index (χ0v) is 14.4. The summed E-state index contributed by atoms with van der Waals surface area (Å²) < 4.78 is 26.3. The first-order valence-corrected chi connectivity index (χ1v) is 9.24. The van der Waals surface area contributed by atoms with Crippen LogP contribution in [-0.4, -0.2) is 53.4 Å². The van der Waals surface area contributed by atoms with E-state index in [-0.39, 0.29) is 18.1 Å². The standard InChI is InChI=1S/C19H25FN2O3/c20-19(4-2-5-19)18(23)22-7-8-25-17-10-15(9-16(17)22)13-24-12-14-3-1-6-21-11-14/h1,3,6,11,15-17H,2,4-5,7-10,12-13H2. The van der Waals surface area contributed by atoms with Crippen molar-refractivity contribution in [3.63, 3.8) is 0 Å². The van der Waals surface area contributed by atoms with Crippen LogP contribution in [0.1, 0.15) is 37.7 Å². The lowest BCUT2D eigenvalue weighted by Gasteiger charge is -2.43. The summed E-state index contributed by atoms with van der Waals surface area (Å²) in [6.07, 6.45) is 6.83. The average molecular weight is 348 g/mol. The van der Waals surface area contributed by atoms with Crippen molar-refractivity contribution in [3.8, 4) is 0 Å². The van der Waals surface area contributed by atoms with Gasteiger partial charge in [-0.1, -0.05) is 6.07 Å². The number of ether oxygens (including phenoxy) is 2. The van der Waals surface area contributed by atoms with Crippen LogP contribution in [0, 0.1) is 5.92 Å². The zero-order valence-electron chi connectivity index (χ0n) is 14.4. The molecule has 6 heteroatoms. The minimum absolute atomic E-state index is 0.00136. The molecule has 5 nitrogen and oxygen atoms in total. The second-order valence-corrected chi connectivity index (χ2v) is 7.51. The number of amides is 1. The minimum Gasteiger partial charge on any atom is -0.376 e. The quantitative estimate of drug-likeness (QED) is 0.820. The van der Waals surface area contributed by atoms with Crippen LogP contribution in [0.4, 0.5) is 4.39 Å². The van der Waals surface area contributed by atoms with E-state index in [4.69, 9.17) is 9.47 Å². The summed E-state index contributed by atoms with van der Waals surface area (Å²) in [6.45, 7) is 2.19. The van der Waals surface area contributed by atoms with Crippen LogP contribution in [0.15, 0.2) is 24.5 Å². The van der Waals surface area contributed by atoms with Crippen LogP contribution in [0.25, 0.3) is 0 Å². The van der Waals surface area contributed by atoms with E-state index in [2.05, 4.69) is 4.98 Å². The van der Waals surface area contributed by atoms with Gasteiger partial charge in [0, 0.05) is 18.9 Å². The Kier molecular flexibility index (Phi) is 4.73. The fraction of sp³-hybridized carbons (Fsp3) is 0.684. The number of alkyl halides is 1. The molecule has 3 aliphatic rings. The molecule has 2 saturated carbocycles. The highest BCUT2D eigenvalue weighted by Gasteiger charge is 2.51. The zero-order chi connectivity index (χ0) is 17.3. The van der Waals surface area contributed by atoms with Crippen molar-refractivity contribution in [1.82, 2.24) is 9.88 Å². The van der Waals surface area contributed by atoms with E-state index in [0.717, 1.165) is 24.8 Å². The van der Waals surface area contributed by atoms with E-state index in [1.165, 1.54) is 0 Å². The Morgan fingerprint density at radius 1 is 1.44 bits per heavy atom. The van der Waals surface area contributed by atoms with Gasteiger partial charge >= 0.3 is 0 Å². The molecule has 1 aliphatic heterocycles. The Labute approximate surface area is 147 Å². The molecule has 2 heterocycles. The largest absolute Gasteiger partial charge is 0.376 e. The number of fused-ring (bicyclic) bond motifs is 1. The molecule has 3 unspecified atom stereocenters. The van der Waals surface area contributed by atoms with Gasteiger partial charge in [0.2, 0.25) is 0 Å². The Morgan fingerprint density at radius 2 is 2.32 bits per heavy atom. The van der Waals surface area contributed by atoms with Crippen LogP contribution in [-0.2, 0) is 20.9 Å². The molecule has 3 atom stereocenters. The van der Waals surface area contributed by atoms with Crippen molar-refractivity contribution in [2.24, 2.45) is 5.92 Å². The molecule has 1 aromatic heterocycles. The first-order valence-electron chi connectivity index (χ1n) is 9.24. The fourth-order valence-electron chi connectivity index (χ4n) is 4.22. The first kappa shape index (κ1) is 16.9. The maximum Gasteiger partial charge on any atom is 0.260 e. The van der Waals surface area contributed by atoms with Crippen LogP contribution >= 0.6 is 0 Å². The summed E-state index contributed by atoms with van der Waals surface area (Å²) in [6, 6.07) is 3.89. The van der Waals surface area contributed by atoms with Gasteiger partial charge in [0.15, 0.2) is 5.67 Å². The smallest absolute Gasteiger partial charge is 0.260 e. The molecule has 1 aromatic rings. The fourth-order valence-corrected chi connectivity index (χ4v) is 4.22. The highest BCUT2D eigenvalue weighted by molar-refractivity contribution is 5.86. The number of aromatic nitrogens is 1. The summed E-state index contributed by atoms with van der Waals surface area (Å²) >= 11 is 0. The molecular weight excluding hydrogens is 323 g/mol. The monoisotopic (exact) mass is 348 g/mol. The second kappa shape index (κ2) is 7.00. The number of hydrogen-bond donors (Lipinski definition) is 0. The third-order valence-electron chi connectivity index (χ3n) is 5.77. The average Bonchev–Trinajstić information content (AvgIpc) is 3.03. The van der Waals surface area contributed by atoms with E-state index in [1.807, 2.05) is 12.1 Å². The lowest BCUT2D eigenvalue weighted by Crippen LogP contribution is -2.58. The molecule has 0 bridgehead atoms. The first-order chi connectivity index (χ1) is 12.2. The van der Waals surface area contributed by atoms with E-state index in [0.29, 0.717) is 45.1 Å². The Morgan fingerprint density at radius 3 is 3.04 bits per heavy atom. The molecule has 2 aliphatic carbocycles. The predicted molar refractivity (Wildman–Crippen MR) is 89.5 cm³/mol. The summed E-state index contributed by atoms with van der Waals surface area (Å²) in [4.78, 5) is 18.4. The third kappa shape index (κ3) is 3.42. The number of pyridine rings is 1. The lowest BCUT2D eigenvalue weighted by molar-refractivity contribution is -0.162. The lowest BCUT2D eigenvalue weighted by atomic mass is 9.80. The van der Waals surface area contributed by atoms with Gasteiger partial charge in [-0.25, -0.2) is 4.39 Å². The Hall–Kier alpha value is -1.53. The van der Waals surface area contributed by atoms with Crippen molar-refractivity contribution in [1.29, 1.82) is 0 Å². The Bertz CT molecular complexity index is 608. The molecule has 0 aromatic carbocycles. The SMILES string of the molecule is O=C(N1CCOC2CC(COCc3cccnc3)CC21)C1(F)CCC1. The summed E-state index contributed by atoms with van der Waals surface area (Å²) in [5.41, 5.74) is -0.563. The maximum absolute atomic E-state index is 14.6. The van der Waals surface area contributed by atoms with Gasteiger partial charge in [-0.05, 0) is 49.7 Å². The van der Waals surface area contributed by atoms with Crippen molar-refractivity contribution >= 4 is 5.91 Å². The van der Waals surface area contributed by atoms with Crippen LogP contribution in [0.3, 0.4) is 0 Å². The molecule has 0 radical (unpaired) electrons. The van der Waals surface area contributed by atoms with Gasteiger partial charge in [0.1, 0.15) is 0 Å². The predicted octanol–water partition coefficient (Wildman–Crippen LogP) is 2.50. The minimum atomic E-state index is -1.61. The number of morpholine rings is 1. The second-order valence-electron chi connectivity index (χ2n) is 7.51. The summed E-state index contributed by atoms with van der Waals surface area (Å²) in [7, 11) is 0. The Balaban J connectivity index is 1.32. The van der Waals surface area contributed by atoms with Gasteiger partial charge in [-0.15, -0.1) is 0 Å². The van der Waals surface area contributed by atoms with E-state index in [1.54, 1.807) is 17.3 Å². The molecular formula is C19H25FN2O3. The van der Waals surface area contributed by atoms with Gasteiger partial charge in [0.05, 0.1) is 32.0 Å². The van der Waals surface area contributed by atoms with Gasteiger partial charge in [-0.2, -0.15) is 0 Å². The van der Waals surface area contributed by atoms with Crippen molar-refractivity contribution in [3.05, 3.63) is 30.1 Å². The molecule has 1 saturated heterocycles. The van der Waals surface area contributed by atoms with Gasteiger partial charge in [0.25, 0.3) is 5.91 Å². The molecule has 3 fully saturated rings.